The molecule has 0 amide bonds. The average Bonchev–Trinajstić information content (AvgIpc) is 2.90. The van der Waals surface area contributed by atoms with Crippen LogP contribution in [-0.4, -0.2) is 6.61 Å². The summed E-state index contributed by atoms with van der Waals surface area (Å²) < 4.78 is 78.6. The molecule has 6 heteroatoms. The SMILES string of the molecule is CCCCCCCCOc1ccc(-c2ccc(-c3ccc(C(F)(F)CCCCC)c(F)c3F)cc2)cc1F. The smallest absolute Gasteiger partial charge is 0.276 e. The highest BCUT2D eigenvalue weighted by Crippen LogP contribution is 2.38. The third kappa shape index (κ3) is 7.81. The van der Waals surface area contributed by atoms with Crippen LogP contribution in [0, 0.1) is 17.5 Å². The van der Waals surface area contributed by atoms with E-state index in [-0.39, 0.29) is 17.7 Å². The Balaban J connectivity index is 1.67. The van der Waals surface area contributed by atoms with Crippen LogP contribution in [0.15, 0.2) is 54.6 Å². The van der Waals surface area contributed by atoms with Crippen molar-refractivity contribution in [2.45, 2.75) is 84.0 Å². The van der Waals surface area contributed by atoms with Crippen molar-refractivity contribution in [2.24, 2.45) is 0 Å². The van der Waals surface area contributed by atoms with Gasteiger partial charge >= 0.3 is 0 Å². The van der Waals surface area contributed by atoms with Crippen LogP contribution in [0.4, 0.5) is 22.0 Å². The monoisotopic (exact) mass is 532 g/mol. The van der Waals surface area contributed by atoms with Gasteiger partial charge in [-0.3, -0.25) is 0 Å². The zero-order valence-corrected chi connectivity index (χ0v) is 22.3. The Morgan fingerprint density at radius 2 is 1.24 bits per heavy atom. The minimum atomic E-state index is -3.43. The van der Waals surface area contributed by atoms with Crippen LogP contribution in [-0.2, 0) is 5.92 Å². The van der Waals surface area contributed by atoms with E-state index in [0.717, 1.165) is 31.7 Å². The first-order chi connectivity index (χ1) is 18.3. The molecule has 3 aromatic carbocycles. The van der Waals surface area contributed by atoms with E-state index in [0.29, 0.717) is 29.7 Å². The zero-order valence-electron chi connectivity index (χ0n) is 22.3. The van der Waals surface area contributed by atoms with Gasteiger partial charge in [0.2, 0.25) is 0 Å². The van der Waals surface area contributed by atoms with Crippen molar-refractivity contribution in [1.82, 2.24) is 0 Å². The first-order valence-electron chi connectivity index (χ1n) is 13.7. The summed E-state index contributed by atoms with van der Waals surface area (Å²) in [7, 11) is 0. The van der Waals surface area contributed by atoms with Crippen molar-refractivity contribution in [2.75, 3.05) is 6.61 Å². The maximum Gasteiger partial charge on any atom is 0.276 e. The maximum absolute atomic E-state index is 14.8. The number of alkyl halides is 2. The lowest BCUT2D eigenvalue weighted by atomic mass is 9.96. The second-order valence-electron chi connectivity index (χ2n) is 9.79. The third-order valence-corrected chi connectivity index (χ3v) is 6.79. The first-order valence-corrected chi connectivity index (χ1v) is 13.7. The van der Waals surface area contributed by atoms with Gasteiger partial charge in [0.1, 0.15) is 0 Å². The van der Waals surface area contributed by atoms with Gasteiger partial charge in [-0.15, -0.1) is 0 Å². The highest BCUT2D eigenvalue weighted by atomic mass is 19.3. The van der Waals surface area contributed by atoms with Crippen molar-refractivity contribution in [1.29, 1.82) is 0 Å². The van der Waals surface area contributed by atoms with Crippen LogP contribution in [0.1, 0.15) is 83.6 Å². The van der Waals surface area contributed by atoms with Crippen LogP contribution in [0.25, 0.3) is 22.3 Å². The van der Waals surface area contributed by atoms with E-state index in [9.17, 15) is 22.0 Å². The van der Waals surface area contributed by atoms with Gasteiger partial charge in [0.05, 0.1) is 12.2 Å². The molecule has 0 heterocycles. The standard InChI is InChI=1S/C32H37F5O/c1-3-5-7-8-9-11-21-38-29-19-16-25(22-28(29)33)23-12-14-24(15-13-23)26-17-18-27(31(35)30(26)34)32(36,37)20-10-6-4-2/h12-19,22H,3-11,20-21H2,1-2H3. The van der Waals surface area contributed by atoms with Gasteiger partial charge in [-0.05, 0) is 47.7 Å². The summed E-state index contributed by atoms with van der Waals surface area (Å²) in [4.78, 5) is 0. The van der Waals surface area contributed by atoms with E-state index >= 15 is 0 Å². The molecule has 0 bridgehead atoms. The van der Waals surface area contributed by atoms with Crippen LogP contribution in [0.2, 0.25) is 0 Å². The topological polar surface area (TPSA) is 9.23 Å². The highest BCUT2D eigenvalue weighted by Gasteiger charge is 2.35. The van der Waals surface area contributed by atoms with Crippen LogP contribution in [0.5, 0.6) is 5.75 Å². The van der Waals surface area contributed by atoms with Crippen molar-refractivity contribution >= 4 is 0 Å². The van der Waals surface area contributed by atoms with Crippen LogP contribution < -0.4 is 4.74 Å². The molecule has 0 N–H and O–H groups in total. The molecule has 206 valence electrons. The van der Waals surface area contributed by atoms with Gasteiger partial charge in [0, 0.05) is 12.0 Å². The first kappa shape index (κ1) is 29.7. The van der Waals surface area contributed by atoms with E-state index < -0.39 is 35.4 Å². The molecule has 0 saturated heterocycles. The second kappa shape index (κ2) is 14.3. The molecule has 38 heavy (non-hydrogen) atoms. The summed E-state index contributed by atoms with van der Waals surface area (Å²) in [6.45, 7) is 4.52. The number of hydrogen-bond acceptors (Lipinski definition) is 1. The molecule has 1 nitrogen and oxygen atoms in total. The van der Waals surface area contributed by atoms with Gasteiger partial charge in [0.25, 0.3) is 5.92 Å². The molecule has 3 aromatic rings. The molecule has 0 atom stereocenters. The maximum atomic E-state index is 14.8. The Morgan fingerprint density at radius 1 is 0.632 bits per heavy atom. The molecule has 3 rings (SSSR count). The summed E-state index contributed by atoms with van der Waals surface area (Å²) in [5, 5.41) is 0. The van der Waals surface area contributed by atoms with Crippen LogP contribution >= 0.6 is 0 Å². The predicted octanol–water partition coefficient (Wildman–Crippen LogP) is 10.8. The molecule has 0 aromatic heterocycles. The number of rotatable bonds is 15. The minimum absolute atomic E-state index is 0.105. The van der Waals surface area contributed by atoms with E-state index in [4.69, 9.17) is 4.74 Å². The third-order valence-electron chi connectivity index (χ3n) is 6.79. The molecule has 0 fully saturated rings. The molecule has 0 spiro atoms. The summed E-state index contributed by atoms with van der Waals surface area (Å²) >= 11 is 0. The lowest BCUT2D eigenvalue weighted by Gasteiger charge is -2.18. The lowest BCUT2D eigenvalue weighted by molar-refractivity contribution is -0.0195. The van der Waals surface area contributed by atoms with E-state index in [2.05, 4.69) is 6.92 Å². The molecule has 0 aliphatic heterocycles. The van der Waals surface area contributed by atoms with Crippen molar-refractivity contribution < 1.29 is 26.7 Å². The fraction of sp³-hybridized carbons (Fsp3) is 0.438. The number of hydrogen-bond donors (Lipinski definition) is 0. The molecule has 0 saturated carbocycles. The Labute approximate surface area is 223 Å². The Morgan fingerprint density at radius 3 is 1.92 bits per heavy atom. The van der Waals surface area contributed by atoms with Crippen LogP contribution in [0.3, 0.4) is 0 Å². The summed E-state index contributed by atoms with van der Waals surface area (Å²) in [6.07, 6.45) is 7.79. The van der Waals surface area contributed by atoms with Crippen molar-refractivity contribution in [3.05, 3.63) is 77.6 Å². The zero-order chi connectivity index (χ0) is 27.5. The van der Waals surface area contributed by atoms with Gasteiger partial charge < -0.3 is 4.74 Å². The van der Waals surface area contributed by atoms with E-state index in [1.54, 1.807) is 36.4 Å². The number of ether oxygens (including phenoxy) is 1. The lowest BCUT2D eigenvalue weighted by Crippen LogP contribution is -2.16. The highest BCUT2D eigenvalue weighted by molar-refractivity contribution is 5.71. The average molecular weight is 533 g/mol. The molecule has 0 aliphatic rings. The van der Waals surface area contributed by atoms with Crippen molar-refractivity contribution in [3.8, 4) is 28.0 Å². The summed E-state index contributed by atoms with van der Waals surface area (Å²) in [5.74, 6) is -6.53. The van der Waals surface area contributed by atoms with Gasteiger partial charge in [0.15, 0.2) is 23.2 Å². The number of unbranched alkanes of at least 4 members (excludes halogenated alkanes) is 7. The molecule has 0 aliphatic carbocycles. The fourth-order valence-electron chi connectivity index (χ4n) is 4.49. The second-order valence-corrected chi connectivity index (χ2v) is 9.79. The normalized spacial score (nSPS) is 11.7. The van der Waals surface area contributed by atoms with Gasteiger partial charge in [-0.1, -0.05) is 95.2 Å². The largest absolute Gasteiger partial charge is 0.491 e. The number of halogens is 5. The Kier molecular flexibility index (Phi) is 11.2. The minimum Gasteiger partial charge on any atom is -0.491 e. The van der Waals surface area contributed by atoms with E-state index in [1.165, 1.54) is 31.4 Å². The Hall–Kier alpha value is -2.89. The number of benzene rings is 3. The fourth-order valence-corrected chi connectivity index (χ4v) is 4.49. The predicted molar refractivity (Wildman–Crippen MR) is 144 cm³/mol. The Bertz CT molecular complexity index is 1160. The molecular formula is C32H37F5O. The van der Waals surface area contributed by atoms with Crippen molar-refractivity contribution in [3.63, 3.8) is 0 Å². The molecular weight excluding hydrogens is 495 g/mol. The summed E-state index contributed by atoms with van der Waals surface area (Å²) in [5.41, 5.74) is 0.600. The molecule has 0 radical (unpaired) electrons. The molecule has 0 unspecified atom stereocenters. The van der Waals surface area contributed by atoms with Gasteiger partial charge in [-0.2, -0.15) is 0 Å². The quantitative estimate of drug-likeness (QED) is 0.140. The van der Waals surface area contributed by atoms with E-state index in [1.807, 2.05) is 6.92 Å². The van der Waals surface area contributed by atoms with Gasteiger partial charge in [-0.25, -0.2) is 22.0 Å². The summed E-state index contributed by atoms with van der Waals surface area (Å²) in [6, 6.07) is 13.3.